The molecular weight excluding hydrogens is 240 g/mol. The van der Waals surface area contributed by atoms with E-state index in [-0.39, 0.29) is 0 Å². The summed E-state index contributed by atoms with van der Waals surface area (Å²) in [5, 5.41) is 2.92. The van der Waals surface area contributed by atoms with Crippen LogP contribution < -0.4 is 0 Å². The molecule has 0 saturated heterocycles. The predicted molar refractivity (Wildman–Crippen MR) is 88.3 cm³/mol. The smallest absolute Gasteiger partial charge is 0.0105 e. The topological polar surface area (TPSA) is 0 Å². The van der Waals surface area contributed by atoms with Crippen molar-refractivity contribution in [2.24, 2.45) is 5.41 Å². The Hall–Kier alpha value is -1.30. The van der Waals surface area contributed by atoms with E-state index < -0.39 is 0 Å². The summed E-state index contributed by atoms with van der Waals surface area (Å²) >= 11 is 0. The maximum absolute atomic E-state index is 2.52. The summed E-state index contributed by atoms with van der Waals surface area (Å²) in [5.74, 6) is 0.825. The monoisotopic (exact) mass is 266 g/mol. The Bertz CT molecular complexity index is 610. The van der Waals surface area contributed by atoms with Crippen molar-refractivity contribution in [3.8, 4) is 0 Å². The van der Waals surface area contributed by atoms with Crippen LogP contribution in [0.5, 0.6) is 0 Å². The molecule has 4 rings (SSSR count). The maximum atomic E-state index is 2.52. The fourth-order valence-corrected chi connectivity index (χ4v) is 4.43. The van der Waals surface area contributed by atoms with E-state index >= 15 is 0 Å². The summed E-state index contributed by atoms with van der Waals surface area (Å²) in [4.78, 5) is 0. The van der Waals surface area contributed by atoms with Crippen LogP contribution in [0.1, 0.15) is 63.5 Å². The lowest BCUT2D eigenvalue weighted by atomic mass is 9.66. The first kappa shape index (κ1) is 13.7. The van der Waals surface area contributed by atoms with Crippen molar-refractivity contribution in [1.29, 1.82) is 0 Å². The third kappa shape index (κ3) is 1.97. The van der Waals surface area contributed by atoms with Crippen molar-refractivity contribution in [2.45, 2.75) is 58.8 Å². The highest BCUT2D eigenvalue weighted by atomic mass is 14.5. The first-order chi connectivity index (χ1) is 9.78. The van der Waals surface area contributed by atoms with Crippen LogP contribution in [-0.4, -0.2) is 0 Å². The zero-order chi connectivity index (χ0) is 14.2. The van der Waals surface area contributed by atoms with Crippen molar-refractivity contribution in [2.75, 3.05) is 0 Å². The molecule has 0 radical (unpaired) electrons. The molecule has 20 heavy (non-hydrogen) atoms. The number of benzene rings is 2. The van der Waals surface area contributed by atoms with Crippen LogP contribution in [0.2, 0.25) is 0 Å². The Morgan fingerprint density at radius 3 is 2.65 bits per heavy atom. The van der Waals surface area contributed by atoms with E-state index in [1.807, 2.05) is 13.8 Å². The summed E-state index contributed by atoms with van der Waals surface area (Å²) in [5.41, 5.74) is 3.91. The van der Waals surface area contributed by atoms with Gasteiger partial charge in [0.05, 0.1) is 0 Å². The second-order valence-corrected chi connectivity index (χ2v) is 6.45. The van der Waals surface area contributed by atoms with Gasteiger partial charge in [-0.25, -0.2) is 0 Å². The molecule has 0 aromatic heterocycles. The fourth-order valence-electron chi connectivity index (χ4n) is 4.43. The molecule has 0 spiro atoms. The van der Waals surface area contributed by atoms with Crippen molar-refractivity contribution in [3.05, 3.63) is 47.5 Å². The Kier molecular flexibility index (Phi) is 3.58. The predicted octanol–water partition coefficient (Wildman–Crippen LogP) is 6.09. The summed E-state index contributed by atoms with van der Waals surface area (Å²) in [6, 6.07) is 13.6. The molecule has 2 atom stereocenters. The van der Waals surface area contributed by atoms with E-state index in [4.69, 9.17) is 0 Å². The number of hydrogen-bond acceptors (Lipinski definition) is 0. The molecule has 1 unspecified atom stereocenters. The van der Waals surface area contributed by atoms with Gasteiger partial charge in [0, 0.05) is 0 Å². The van der Waals surface area contributed by atoms with Crippen LogP contribution in [0, 0.1) is 5.41 Å². The van der Waals surface area contributed by atoms with E-state index in [1.54, 1.807) is 11.1 Å². The lowest BCUT2D eigenvalue weighted by Gasteiger charge is -2.38. The highest BCUT2D eigenvalue weighted by Crippen LogP contribution is 2.56. The maximum Gasteiger partial charge on any atom is -0.0105 e. The molecule has 0 aliphatic heterocycles. The quantitative estimate of drug-likeness (QED) is 0.541. The molecular formula is C20H26. The molecule has 106 valence electrons. The van der Waals surface area contributed by atoms with Gasteiger partial charge in [-0.2, -0.15) is 0 Å². The second kappa shape index (κ2) is 5.24. The molecule has 0 bridgehead atoms. The fraction of sp³-hybridized carbons (Fsp3) is 0.500. The molecule has 0 amide bonds. The van der Waals surface area contributed by atoms with Gasteiger partial charge in [-0.15, -0.1) is 0 Å². The first-order valence-corrected chi connectivity index (χ1v) is 8.28. The second-order valence-electron chi connectivity index (χ2n) is 6.45. The van der Waals surface area contributed by atoms with Gasteiger partial charge in [0.2, 0.25) is 0 Å². The van der Waals surface area contributed by atoms with Gasteiger partial charge in [-0.1, -0.05) is 63.6 Å². The normalized spacial score (nSPS) is 27.4. The van der Waals surface area contributed by atoms with Crippen molar-refractivity contribution in [3.63, 3.8) is 0 Å². The Labute approximate surface area is 123 Å². The average molecular weight is 266 g/mol. The Morgan fingerprint density at radius 1 is 1.00 bits per heavy atom. The summed E-state index contributed by atoms with van der Waals surface area (Å²) in [6.07, 6.45) is 6.93. The number of aryl methyl sites for hydroxylation is 1. The third-order valence-electron chi connectivity index (χ3n) is 5.48. The standard InChI is InChI=1S/C18H20.C2H6/c1-18-11-4-7-17(18)16-9-8-13-5-2-3-6-14(13)15(16)10-12-18;1-2/h2-3,5-6,8-9,17H,4,7,10-12H2,1H3;1-2H3/t17?,18-;/m0./s1. The lowest BCUT2D eigenvalue weighted by Crippen LogP contribution is -2.26. The molecule has 0 N–H and O–H groups in total. The van der Waals surface area contributed by atoms with Gasteiger partial charge >= 0.3 is 0 Å². The first-order valence-electron chi connectivity index (χ1n) is 8.28. The SMILES string of the molecule is CC.C[C@@]12CCCC1c1ccc3ccccc3c1CC2. The zero-order valence-corrected chi connectivity index (χ0v) is 13.1. The molecule has 2 aromatic rings. The minimum absolute atomic E-state index is 0.593. The Balaban J connectivity index is 0.000000581. The zero-order valence-electron chi connectivity index (χ0n) is 13.1. The van der Waals surface area contributed by atoms with Crippen LogP contribution >= 0.6 is 0 Å². The van der Waals surface area contributed by atoms with E-state index in [0.717, 1.165) is 5.92 Å². The molecule has 2 aliphatic rings. The summed E-state index contributed by atoms with van der Waals surface area (Å²) in [7, 11) is 0. The van der Waals surface area contributed by atoms with Gasteiger partial charge in [-0.05, 0) is 58.9 Å². The van der Waals surface area contributed by atoms with Gasteiger partial charge in [0.15, 0.2) is 0 Å². The molecule has 0 heterocycles. The average Bonchev–Trinajstić information content (AvgIpc) is 2.91. The van der Waals surface area contributed by atoms with Crippen molar-refractivity contribution >= 4 is 10.8 Å². The molecule has 1 saturated carbocycles. The molecule has 2 aliphatic carbocycles. The molecule has 0 nitrogen and oxygen atoms in total. The van der Waals surface area contributed by atoms with E-state index in [1.165, 1.54) is 42.9 Å². The Morgan fingerprint density at radius 2 is 1.80 bits per heavy atom. The van der Waals surface area contributed by atoms with Crippen LogP contribution in [-0.2, 0) is 6.42 Å². The van der Waals surface area contributed by atoms with Gasteiger partial charge in [-0.3, -0.25) is 0 Å². The largest absolute Gasteiger partial charge is 0.0683 e. The summed E-state index contributed by atoms with van der Waals surface area (Å²) in [6.45, 7) is 6.52. The molecule has 1 fully saturated rings. The van der Waals surface area contributed by atoms with Gasteiger partial charge in [0.1, 0.15) is 0 Å². The van der Waals surface area contributed by atoms with E-state index in [2.05, 4.69) is 43.3 Å². The molecule has 0 heteroatoms. The highest BCUT2D eigenvalue weighted by Gasteiger charge is 2.42. The van der Waals surface area contributed by atoms with E-state index in [9.17, 15) is 0 Å². The minimum Gasteiger partial charge on any atom is -0.0683 e. The number of rotatable bonds is 0. The van der Waals surface area contributed by atoms with E-state index in [0.29, 0.717) is 5.41 Å². The van der Waals surface area contributed by atoms with Gasteiger partial charge in [0.25, 0.3) is 0 Å². The lowest BCUT2D eigenvalue weighted by molar-refractivity contribution is 0.253. The molecule has 2 aromatic carbocycles. The van der Waals surface area contributed by atoms with Gasteiger partial charge < -0.3 is 0 Å². The minimum atomic E-state index is 0.593. The van der Waals surface area contributed by atoms with Crippen molar-refractivity contribution < 1.29 is 0 Å². The third-order valence-corrected chi connectivity index (χ3v) is 5.48. The van der Waals surface area contributed by atoms with Crippen LogP contribution in [0.4, 0.5) is 0 Å². The van der Waals surface area contributed by atoms with Crippen LogP contribution in [0.25, 0.3) is 10.8 Å². The van der Waals surface area contributed by atoms with Crippen LogP contribution in [0.15, 0.2) is 36.4 Å². The van der Waals surface area contributed by atoms with Crippen molar-refractivity contribution in [1.82, 2.24) is 0 Å². The number of hydrogen-bond donors (Lipinski definition) is 0. The van der Waals surface area contributed by atoms with Crippen LogP contribution in [0.3, 0.4) is 0 Å². The highest BCUT2D eigenvalue weighted by molar-refractivity contribution is 5.87. The number of fused-ring (bicyclic) bond motifs is 5. The summed E-state index contributed by atoms with van der Waals surface area (Å²) < 4.78 is 0.